The minimum absolute atomic E-state index is 0.141. The summed E-state index contributed by atoms with van der Waals surface area (Å²) < 4.78 is 63.5. The van der Waals surface area contributed by atoms with Gasteiger partial charge in [0.15, 0.2) is 0 Å². The van der Waals surface area contributed by atoms with Crippen LogP contribution in [0.3, 0.4) is 0 Å². The molecule has 8 nitrogen and oxygen atoms in total. The summed E-state index contributed by atoms with van der Waals surface area (Å²) >= 11 is 0. The van der Waals surface area contributed by atoms with Crippen LogP contribution in [0.1, 0.15) is 18.2 Å². The zero-order chi connectivity index (χ0) is 23.6. The highest BCUT2D eigenvalue weighted by Crippen LogP contribution is 2.32. The summed E-state index contributed by atoms with van der Waals surface area (Å²) in [4.78, 5) is 3.80. The van der Waals surface area contributed by atoms with Gasteiger partial charge in [0.1, 0.15) is 52.9 Å². The first-order valence-corrected chi connectivity index (χ1v) is 9.75. The van der Waals surface area contributed by atoms with Crippen molar-refractivity contribution in [2.24, 2.45) is 0 Å². The second kappa shape index (κ2) is 9.08. The minimum atomic E-state index is -1.96. The second-order valence-corrected chi connectivity index (χ2v) is 7.34. The molecule has 0 amide bonds. The lowest BCUT2D eigenvalue weighted by atomic mass is 9.88. The summed E-state index contributed by atoms with van der Waals surface area (Å²) in [5, 5.41) is 23.0. The molecule has 0 saturated carbocycles. The average molecular weight is 462 g/mol. The number of benzene rings is 2. The van der Waals surface area contributed by atoms with E-state index in [1.165, 1.54) is 30.5 Å². The molecule has 4 aromatic rings. The van der Waals surface area contributed by atoms with E-state index in [0.717, 1.165) is 35.0 Å². The minimum Gasteiger partial charge on any atom is -0.380 e. The average Bonchev–Trinajstić information content (AvgIpc) is 3.45. The highest BCUT2D eigenvalue weighted by atomic mass is 19.1. The molecule has 0 aliphatic heterocycles. The highest BCUT2D eigenvalue weighted by Gasteiger charge is 2.40. The predicted octanol–water partition coefficient (Wildman–Crippen LogP) is 2.91. The van der Waals surface area contributed by atoms with Crippen molar-refractivity contribution in [1.29, 1.82) is 0 Å². The maximum Gasteiger partial charge on any atom is 0.149 e. The van der Waals surface area contributed by atoms with Gasteiger partial charge in [0, 0.05) is 17.7 Å². The first-order chi connectivity index (χ1) is 15.8. The quantitative estimate of drug-likeness (QED) is 0.405. The van der Waals surface area contributed by atoms with Gasteiger partial charge in [-0.3, -0.25) is 0 Å². The molecule has 0 aliphatic carbocycles. The van der Waals surface area contributed by atoms with Crippen LogP contribution in [-0.2, 0) is 23.5 Å². The Kier molecular flexibility index (Phi) is 6.20. The van der Waals surface area contributed by atoms with Gasteiger partial charge in [-0.15, -0.1) is 5.10 Å². The molecular formula is C21H18F4N6O2. The summed E-state index contributed by atoms with van der Waals surface area (Å²) in [5.74, 6) is -3.10. The van der Waals surface area contributed by atoms with Crippen molar-refractivity contribution < 1.29 is 27.4 Å². The molecule has 2 atom stereocenters. The Morgan fingerprint density at radius 2 is 1.82 bits per heavy atom. The zero-order valence-electron chi connectivity index (χ0n) is 17.2. The summed E-state index contributed by atoms with van der Waals surface area (Å²) in [7, 11) is 0. The number of hydrogen-bond donors (Lipinski definition) is 1. The molecule has 2 heterocycles. The molecule has 4 rings (SSSR count). The number of rotatable bonds is 8. The lowest BCUT2D eigenvalue weighted by Crippen LogP contribution is -2.44. The third-order valence-corrected chi connectivity index (χ3v) is 5.12. The van der Waals surface area contributed by atoms with Crippen molar-refractivity contribution in [1.82, 2.24) is 29.8 Å². The normalized spacial score (nSPS) is 14.2. The number of halogens is 4. The second-order valence-electron chi connectivity index (χ2n) is 7.34. The van der Waals surface area contributed by atoms with Crippen molar-refractivity contribution in [3.8, 4) is 5.69 Å². The zero-order valence-corrected chi connectivity index (χ0v) is 17.2. The molecule has 1 N–H and O–H groups in total. The Balaban J connectivity index is 1.56. The standard InChI is InChI=1S/C21H18F4N6O2/c1-13(33-9-16-8-31(29-28-16)20-7-15(23)3-5-18(20)24)21(32,10-30-12-26-11-27-30)17-4-2-14(22)6-19(17)25/h2-8,11-13,32H,9-10H2,1H3/t13-,21-/m1/s1. The van der Waals surface area contributed by atoms with E-state index in [4.69, 9.17) is 4.74 Å². The summed E-state index contributed by atoms with van der Waals surface area (Å²) in [6, 6.07) is 5.72. The van der Waals surface area contributed by atoms with Gasteiger partial charge >= 0.3 is 0 Å². The Labute approximate surface area is 185 Å². The largest absolute Gasteiger partial charge is 0.380 e. The van der Waals surface area contributed by atoms with Crippen molar-refractivity contribution in [3.05, 3.63) is 89.8 Å². The number of ether oxygens (including phenoxy) is 1. The smallest absolute Gasteiger partial charge is 0.149 e. The van der Waals surface area contributed by atoms with Crippen molar-refractivity contribution in [2.75, 3.05) is 0 Å². The maximum atomic E-state index is 14.6. The first-order valence-electron chi connectivity index (χ1n) is 9.75. The molecule has 0 saturated heterocycles. The number of aliphatic hydroxyl groups is 1. The third-order valence-electron chi connectivity index (χ3n) is 5.12. The van der Waals surface area contributed by atoms with E-state index in [0.29, 0.717) is 6.07 Å². The van der Waals surface area contributed by atoms with E-state index >= 15 is 0 Å². The van der Waals surface area contributed by atoms with Gasteiger partial charge in [0.05, 0.1) is 25.5 Å². The van der Waals surface area contributed by atoms with Gasteiger partial charge in [-0.2, -0.15) is 5.10 Å². The summed E-state index contributed by atoms with van der Waals surface area (Å²) in [6.07, 6.45) is 2.87. The van der Waals surface area contributed by atoms with Gasteiger partial charge in [-0.1, -0.05) is 11.3 Å². The SMILES string of the molecule is C[C@@H](OCc1cn(-c2cc(F)ccc2F)nn1)[C@](O)(Cn1cncn1)c1ccc(F)cc1F. The van der Waals surface area contributed by atoms with Gasteiger partial charge < -0.3 is 9.84 Å². The monoisotopic (exact) mass is 462 g/mol. The molecule has 0 fully saturated rings. The van der Waals surface area contributed by atoms with Crippen LogP contribution in [0.5, 0.6) is 0 Å². The molecular weight excluding hydrogens is 444 g/mol. The van der Waals surface area contributed by atoms with Gasteiger partial charge in [0.2, 0.25) is 0 Å². The first kappa shape index (κ1) is 22.6. The third kappa shape index (κ3) is 4.76. The predicted molar refractivity (Wildman–Crippen MR) is 106 cm³/mol. The Morgan fingerprint density at radius 1 is 1.06 bits per heavy atom. The van der Waals surface area contributed by atoms with Crippen LogP contribution >= 0.6 is 0 Å². The number of nitrogens with zero attached hydrogens (tertiary/aromatic N) is 6. The van der Waals surface area contributed by atoms with Crippen LogP contribution in [0.15, 0.2) is 55.2 Å². The molecule has 33 heavy (non-hydrogen) atoms. The van der Waals surface area contributed by atoms with Gasteiger partial charge in [-0.25, -0.2) is 31.9 Å². The van der Waals surface area contributed by atoms with E-state index in [-0.39, 0.29) is 30.1 Å². The molecule has 2 aromatic carbocycles. The molecule has 0 unspecified atom stereocenters. The summed E-state index contributed by atoms with van der Waals surface area (Å²) in [6.45, 7) is 1.06. The van der Waals surface area contributed by atoms with Crippen LogP contribution in [0.2, 0.25) is 0 Å². The molecule has 2 aromatic heterocycles. The van der Waals surface area contributed by atoms with E-state index in [1.54, 1.807) is 0 Å². The Morgan fingerprint density at radius 3 is 2.55 bits per heavy atom. The molecule has 0 bridgehead atoms. The highest BCUT2D eigenvalue weighted by molar-refractivity contribution is 5.33. The number of hydrogen-bond acceptors (Lipinski definition) is 6. The molecule has 0 radical (unpaired) electrons. The summed E-state index contributed by atoms with van der Waals surface area (Å²) in [5.41, 5.74) is -2.06. The fourth-order valence-electron chi connectivity index (χ4n) is 3.33. The van der Waals surface area contributed by atoms with Crippen molar-refractivity contribution >= 4 is 0 Å². The van der Waals surface area contributed by atoms with E-state index in [2.05, 4.69) is 20.4 Å². The topological polar surface area (TPSA) is 90.9 Å². The number of aromatic nitrogens is 6. The van der Waals surface area contributed by atoms with Crippen molar-refractivity contribution in [3.63, 3.8) is 0 Å². The van der Waals surface area contributed by atoms with E-state index in [9.17, 15) is 22.7 Å². The van der Waals surface area contributed by atoms with Crippen LogP contribution < -0.4 is 0 Å². The van der Waals surface area contributed by atoms with Crippen LogP contribution in [0.4, 0.5) is 17.6 Å². The molecule has 0 spiro atoms. The fraction of sp³-hybridized carbons (Fsp3) is 0.238. The van der Waals surface area contributed by atoms with E-state index < -0.39 is 35.0 Å². The van der Waals surface area contributed by atoms with Crippen LogP contribution in [0.25, 0.3) is 5.69 Å². The molecule has 0 aliphatic rings. The Bertz CT molecular complexity index is 1250. The van der Waals surface area contributed by atoms with E-state index in [1.807, 2.05) is 0 Å². The molecule has 172 valence electrons. The lowest BCUT2D eigenvalue weighted by molar-refractivity contribution is -0.124. The molecule has 12 heteroatoms. The maximum absolute atomic E-state index is 14.6. The lowest BCUT2D eigenvalue weighted by Gasteiger charge is -2.34. The Hall–Kier alpha value is -3.64. The van der Waals surface area contributed by atoms with Gasteiger partial charge in [0.25, 0.3) is 0 Å². The van der Waals surface area contributed by atoms with Gasteiger partial charge in [-0.05, 0) is 25.1 Å². The fourth-order valence-corrected chi connectivity index (χ4v) is 3.33. The van der Waals surface area contributed by atoms with Crippen LogP contribution in [0, 0.1) is 23.3 Å². The van der Waals surface area contributed by atoms with Crippen LogP contribution in [-0.4, -0.2) is 41.0 Å². The van der Waals surface area contributed by atoms with Crippen molar-refractivity contribution in [2.45, 2.75) is 31.8 Å².